The molecule has 1 saturated heterocycles. The predicted octanol–water partition coefficient (Wildman–Crippen LogP) is 3.65. The van der Waals surface area contributed by atoms with Gasteiger partial charge in [-0.05, 0) is 80.5 Å². The largest absolute Gasteiger partial charge is 0.379 e. The van der Waals surface area contributed by atoms with E-state index in [1.54, 1.807) is 0 Å². The zero-order valence-electron chi connectivity index (χ0n) is 19.9. The van der Waals surface area contributed by atoms with Gasteiger partial charge in [0.05, 0.1) is 25.1 Å². The van der Waals surface area contributed by atoms with Crippen LogP contribution in [0.5, 0.6) is 0 Å². The van der Waals surface area contributed by atoms with Crippen molar-refractivity contribution in [3.05, 3.63) is 0 Å². The van der Waals surface area contributed by atoms with Gasteiger partial charge in [0.25, 0.3) is 10.1 Å². The molecular formula is C25H41NO5S. The fraction of sp³-hybridized carbons (Fsp3) is 0.960. The van der Waals surface area contributed by atoms with E-state index in [1.807, 2.05) is 0 Å². The summed E-state index contributed by atoms with van der Waals surface area (Å²) < 4.78 is 36.5. The lowest BCUT2D eigenvalue weighted by molar-refractivity contribution is -0.141. The second-order valence-corrected chi connectivity index (χ2v) is 13.5. The van der Waals surface area contributed by atoms with E-state index in [1.165, 1.54) is 12.8 Å². The normalized spacial score (nSPS) is 45.2. The summed E-state index contributed by atoms with van der Waals surface area (Å²) in [6.45, 7) is 8.20. The van der Waals surface area contributed by atoms with Crippen LogP contribution in [0.2, 0.25) is 0 Å². The first-order valence-electron chi connectivity index (χ1n) is 13.0. The molecule has 0 N–H and O–H groups in total. The number of Topliss-reactive ketones (excluding diaryl/α,β-unsaturated/α-hetero) is 1. The lowest BCUT2D eigenvalue weighted by atomic mass is 9.45. The van der Waals surface area contributed by atoms with Crippen molar-refractivity contribution < 1.29 is 22.1 Å². The van der Waals surface area contributed by atoms with Gasteiger partial charge in [-0.3, -0.25) is 13.9 Å². The molecule has 5 fully saturated rings. The average Bonchev–Trinajstić information content (AvgIpc) is 3.08. The quantitative estimate of drug-likeness (QED) is 0.575. The summed E-state index contributed by atoms with van der Waals surface area (Å²) in [5, 5.41) is 0. The maximum absolute atomic E-state index is 12.7. The van der Waals surface area contributed by atoms with Crippen LogP contribution in [0.1, 0.15) is 71.6 Å². The van der Waals surface area contributed by atoms with Crippen LogP contribution in [-0.4, -0.2) is 63.8 Å². The molecule has 6 nitrogen and oxygen atoms in total. The second kappa shape index (κ2) is 8.62. The van der Waals surface area contributed by atoms with Gasteiger partial charge in [0.1, 0.15) is 5.78 Å². The summed E-state index contributed by atoms with van der Waals surface area (Å²) in [4.78, 5) is 14.8. The molecule has 32 heavy (non-hydrogen) atoms. The number of rotatable bonds is 5. The average molecular weight is 468 g/mol. The highest BCUT2D eigenvalue weighted by Gasteiger charge is 2.60. The van der Waals surface area contributed by atoms with Gasteiger partial charge in [-0.2, -0.15) is 8.42 Å². The van der Waals surface area contributed by atoms with Gasteiger partial charge >= 0.3 is 0 Å². The third kappa shape index (κ3) is 4.09. The zero-order valence-corrected chi connectivity index (χ0v) is 20.7. The minimum absolute atomic E-state index is 0.0702. The Morgan fingerprint density at radius 3 is 2.59 bits per heavy atom. The van der Waals surface area contributed by atoms with Crippen molar-refractivity contribution in [1.82, 2.24) is 4.90 Å². The molecule has 0 aromatic rings. The summed E-state index contributed by atoms with van der Waals surface area (Å²) in [6, 6.07) is 0. The van der Waals surface area contributed by atoms with Crippen molar-refractivity contribution in [3.8, 4) is 0 Å². The molecule has 182 valence electrons. The van der Waals surface area contributed by atoms with Gasteiger partial charge in [-0.1, -0.05) is 13.8 Å². The topological polar surface area (TPSA) is 72.9 Å². The maximum Gasteiger partial charge on any atom is 0.268 e. The minimum atomic E-state index is -3.51. The summed E-state index contributed by atoms with van der Waals surface area (Å²) in [7, 11) is -3.51. The molecule has 1 heterocycles. The number of carbonyl (C=O) groups is 1. The summed E-state index contributed by atoms with van der Waals surface area (Å²) in [6.07, 6.45) is 9.05. The number of morpholine rings is 1. The molecule has 4 saturated carbocycles. The summed E-state index contributed by atoms with van der Waals surface area (Å²) in [5.41, 5.74) is 0.201. The minimum Gasteiger partial charge on any atom is -0.379 e. The highest BCUT2D eigenvalue weighted by atomic mass is 32.2. The molecule has 0 radical (unpaired) electrons. The van der Waals surface area contributed by atoms with Crippen LogP contribution in [0.4, 0.5) is 0 Å². The van der Waals surface area contributed by atoms with Gasteiger partial charge in [0.2, 0.25) is 0 Å². The summed E-state index contributed by atoms with van der Waals surface area (Å²) in [5.74, 6) is 3.05. The Morgan fingerprint density at radius 2 is 1.81 bits per heavy atom. The molecular weight excluding hydrogens is 426 g/mol. The van der Waals surface area contributed by atoms with Crippen molar-refractivity contribution in [3.63, 3.8) is 0 Å². The molecule has 0 aromatic carbocycles. The number of fused-ring (bicyclic) bond motifs is 5. The van der Waals surface area contributed by atoms with Crippen molar-refractivity contribution in [2.75, 3.05) is 38.6 Å². The smallest absolute Gasteiger partial charge is 0.268 e. The first-order chi connectivity index (χ1) is 15.2. The van der Waals surface area contributed by atoms with Crippen molar-refractivity contribution in [2.24, 2.45) is 34.5 Å². The van der Waals surface area contributed by atoms with Gasteiger partial charge in [0, 0.05) is 31.5 Å². The van der Waals surface area contributed by atoms with Gasteiger partial charge in [0.15, 0.2) is 0 Å². The number of nitrogens with zero attached hydrogens (tertiary/aromatic N) is 1. The fourth-order valence-corrected chi connectivity index (χ4v) is 9.57. The standard InChI is InChI=1S/C25H41NO5S/c1-24-9-7-19(31-32(28,29)16-13-26-11-14-30-15-12-26)17-18(24)3-4-20-21-5-6-23(27)25(21,2)10-8-22(20)24/h18-22H,3-17H2,1-2H3/t18-,19-,20-,21-,22-,24-,25-/m0/s1. The number of hydrogen-bond donors (Lipinski definition) is 0. The molecule has 4 aliphatic carbocycles. The second-order valence-electron chi connectivity index (χ2n) is 11.8. The van der Waals surface area contributed by atoms with Crippen LogP contribution in [0.15, 0.2) is 0 Å². The Bertz CT molecular complexity index is 824. The molecule has 5 aliphatic rings. The Labute approximate surface area is 193 Å². The van der Waals surface area contributed by atoms with Crippen LogP contribution >= 0.6 is 0 Å². The molecule has 7 atom stereocenters. The van der Waals surface area contributed by atoms with Crippen LogP contribution < -0.4 is 0 Å². The van der Waals surface area contributed by atoms with E-state index in [2.05, 4.69) is 18.7 Å². The summed E-state index contributed by atoms with van der Waals surface area (Å²) >= 11 is 0. The number of hydrogen-bond acceptors (Lipinski definition) is 6. The van der Waals surface area contributed by atoms with E-state index in [4.69, 9.17) is 8.92 Å². The van der Waals surface area contributed by atoms with E-state index in [0.717, 1.165) is 58.0 Å². The lowest BCUT2D eigenvalue weighted by Gasteiger charge is -2.60. The first-order valence-corrected chi connectivity index (χ1v) is 14.5. The number of carbonyl (C=O) groups excluding carboxylic acids is 1. The van der Waals surface area contributed by atoms with Crippen LogP contribution in [0, 0.1) is 34.5 Å². The van der Waals surface area contributed by atoms with Gasteiger partial charge in [-0.15, -0.1) is 0 Å². The molecule has 5 rings (SSSR count). The van der Waals surface area contributed by atoms with E-state index in [0.29, 0.717) is 49.2 Å². The monoisotopic (exact) mass is 467 g/mol. The Hall–Kier alpha value is -0.500. The van der Waals surface area contributed by atoms with Crippen molar-refractivity contribution in [2.45, 2.75) is 77.7 Å². The highest BCUT2D eigenvalue weighted by Crippen LogP contribution is 2.65. The molecule has 1 aliphatic heterocycles. The van der Waals surface area contributed by atoms with Crippen LogP contribution in [-0.2, 0) is 23.8 Å². The SMILES string of the molecule is C[C@]12CC[C@H](OS(=O)(=O)CCN3CCOCC3)C[C@@H]1CC[C@@H]1[C@@H]2CC[C@]2(C)C(=O)CC[C@@H]12. The van der Waals surface area contributed by atoms with Crippen LogP contribution in [0.3, 0.4) is 0 Å². The Balaban J connectivity index is 1.20. The third-order valence-corrected chi connectivity index (χ3v) is 11.6. The molecule has 0 amide bonds. The van der Waals surface area contributed by atoms with Gasteiger partial charge < -0.3 is 4.74 Å². The van der Waals surface area contributed by atoms with E-state index >= 15 is 0 Å². The van der Waals surface area contributed by atoms with E-state index < -0.39 is 10.1 Å². The van der Waals surface area contributed by atoms with E-state index in [-0.39, 0.29) is 22.7 Å². The molecule has 0 bridgehead atoms. The zero-order chi connectivity index (χ0) is 22.6. The van der Waals surface area contributed by atoms with Crippen LogP contribution in [0.25, 0.3) is 0 Å². The van der Waals surface area contributed by atoms with E-state index in [9.17, 15) is 13.2 Å². The Morgan fingerprint density at radius 1 is 1.03 bits per heavy atom. The third-order valence-electron chi connectivity index (χ3n) is 10.4. The van der Waals surface area contributed by atoms with Crippen molar-refractivity contribution in [1.29, 1.82) is 0 Å². The predicted molar refractivity (Wildman–Crippen MR) is 123 cm³/mol. The maximum atomic E-state index is 12.7. The van der Waals surface area contributed by atoms with Crippen molar-refractivity contribution >= 4 is 15.9 Å². The number of ether oxygens (including phenoxy) is 1. The molecule has 7 heteroatoms. The molecule has 0 aromatic heterocycles. The number of ketones is 1. The van der Waals surface area contributed by atoms with Gasteiger partial charge in [-0.25, -0.2) is 0 Å². The Kier molecular flexibility index (Phi) is 6.26. The molecule has 0 spiro atoms. The first kappa shape index (κ1) is 23.3. The lowest BCUT2D eigenvalue weighted by Crippen LogP contribution is -2.54. The highest BCUT2D eigenvalue weighted by molar-refractivity contribution is 7.86. The molecule has 0 unspecified atom stereocenters. The fourth-order valence-electron chi connectivity index (χ4n) is 8.40.